The fraction of sp³-hybridized carbons (Fsp3) is 0.478. The average Bonchev–Trinajstić information content (AvgIpc) is 2.75. The van der Waals surface area contributed by atoms with E-state index in [-0.39, 0.29) is 5.91 Å². The van der Waals surface area contributed by atoms with E-state index in [1.165, 1.54) is 18.5 Å². The number of pyridine rings is 1. The van der Waals surface area contributed by atoms with Crippen molar-refractivity contribution in [3.8, 4) is 0 Å². The fourth-order valence-corrected chi connectivity index (χ4v) is 4.92. The van der Waals surface area contributed by atoms with Crippen LogP contribution in [0.3, 0.4) is 0 Å². The van der Waals surface area contributed by atoms with E-state index in [0.717, 1.165) is 44.6 Å². The number of hydrogen-bond acceptors (Lipinski definition) is 3. The monoisotopic (exact) mass is 363 g/mol. The highest BCUT2D eigenvalue weighted by atomic mass is 16.2. The van der Waals surface area contributed by atoms with Gasteiger partial charge in [0.15, 0.2) is 0 Å². The standard InChI is InChI=1S/C23H29N3O/c1-2-25-17-21(19-6-4-3-5-7-19)16-23(18-25)10-14-26(15-11-23)22(27)20-8-12-24-13-9-20/h3-9,12-13,21H,2,10-11,14-18H2,1H3/t21-/m1/s1. The van der Waals surface area contributed by atoms with Gasteiger partial charge in [-0.15, -0.1) is 0 Å². The summed E-state index contributed by atoms with van der Waals surface area (Å²) in [6.07, 6.45) is 6.84. The number of aromatic nitrogens is 1. The summed E-state index contributed by atoms with van der Waals surface area (Å²) >= 11 is 0. The van der Waals surface area contributed by atoms with Crippen LogP contribution >= 0.6 is 0 Å². The summed E-state index contributed by atoms with van der Waals surface area (Å²) in [7, 11) is 0. The lowest BCUT2D eigenvalue weighted by Crippen LogP contribution is -2.52. The Bertz CT molecular complexity index is 754. The number of nitrogens with zero attached hydrogens (tertiary/aromatic N) is 3. The first kappa shape index (κ1) is 18.2. The molecule has 0 aliphatic carbocycles. The van der Waals surface area contributed by atoms with Gasteiger partial charge in [-0.1, -0.05) is 37.3 Å². The molecule has 142 valence electrons. The van der Waals surface area contributed by atoms with Crippen molar-refractivity contribution in [3.05, 3.63) is 66.0 Å². The fourth-order valence-electron chi connectivity index (χ4n) is 4.92. The predicted octanol–water partition coefficient (Wildman–Crippen LogP) is 3.81. The van der Waals surface area contributed by atoms with E-state index in [2.05, 4.69) is 47.1 Å². The maximum atomic E-state index is 12.8. The van der Waals surface area contributed by atoms with E-state index in [0.29, 0.717) is 11.3 Å². The molecule has 0 N–H and O–H groups in total. The summed E-state index contributed by atoms with van der Waals surface area (Å²) in [6, 6.07) is 14.6. The van der Waals surface area contributed by atoms with Gasteiger partial charge in [0.25, 0.3) is 5.91 Å². The van der Waals surface area contributed by atoms with Crippen LogP contribution in [0, 0.1) is 5.41 Å². The van der Waals surface area contributed by atoms with Gasteiger partial charge in [0.05, 0.1) is 0 Å². The second-order valence-electron chi connectivity index (χ2n) is 8.17. The molecule has 2 saturated heterocycles. The summed E-state index contributed by atoms with van der Waals surface area (Å²) in [6.45, 7) is 7.42. The Hall–Kier alpha value is -2.20. The highest BCUT2D eigenvalue weighted by Crippen LogP contribution is 2.45. The third kappa shape index (κ3) is 3.91. The smallest absolute Gasteiger partial charge is 0.253 e. The van der Waals surface area contributed by atoms with Crippen molar-refractivity contribution in [3.63, 3.8) is 0 Å². The molecule has 2 fully saturated rings. The third-order valence-corrected chi connectivity index (χ3v) is 6.47. The molecule has 2 aliphatic rings. The molecule has 1 atom stereocenters. The van der Waals surface area contributed by atoms with Gasteiger partial charge >= 0.3 is 0 Å². The van der Waals surface area contributed by atoms with Crippen molar-refractivity contribution in [2.24, 2.45) is 5.41 Å². The molecule has 0 unspecified atom stereocenters. The molecule has 2 aliphatic heterocycles. The Labute approximate surface area is 162 Å². The lowest BCUT2D eigenvalue weighted by molar-refractivity contribution is 0.0158. The zero-order valence-corrected chi connectivity index (χ0v) is 16.2. The summed E-state index contributed by atoms with van der Waals surface area (Å²) in [5.41, 5.74) is 2.55. The molecule has 4 nitrogen and oxygen atoms in total. The lowest BCUT2D eigenvalue weighted by atomic mass is 9.68. The normalized spacial score (nSPS) is 22.7. The number of hydrogen-bond donors (Lipinski definition) is 0. The van der Waals surface area contributed by atoms with Gasteiger partial charge in [0, 0.05) is 44.1 Å². The number of piperidine rings is 2. The molecular weight excluding hydrogens is 334 g/mol. The van der Waals surface area contributed by atoms with E-state index in [1.807, 2.05) is 17.0 Å². The van der Waals surface area contributed by atoms with Gasteiger partial charge in [-0.2, -0.15) is 0 Å². The molecule has 4 rings (SSSR count). The molecule has 0 radical (unpaired) electrons. The van der Waals surface area contributed by atoms with E-state index in [4.69, 9.17) is 0 Å². The average molecular weight is 364 g/mol. The first-order chi connectivity index (χ1) is 13.2. The topological polar surface area (TPSA) is 36.4 Å². The molecule has 0 saturated carbocycles. The molecule has 1 aromatic heterocycles. The Kier molecular flexibility index (Phi) is 5.26. The van der Waals surface area contributed by atoms with Crippen molar-refractivity contribution in [1.29, 1.82) is 0 Å². The van der Waals surface area contributed by atoms with Crippen molar-refractivity contribution in [2.75, 3.05) is 32.7 Å². The summed E-state index contributed by atoms with van der Waals surface area (Å²) in [5.74, 6) is 0.748. The number of benzene rings is 1. The van der Waals surface area contributed by atoms with Crippen LogP contribution in [-0.2, 0) is 0 Å². The molecule has 4 heteroatoms. The van der Waals surface area contributed by atoms with E-state index < -0.39 is 0 Å². The van der Waals surface area contributed by atoms with Gasteiger partial charge < -0.3 is 9.80 Å². The lowest BCUT2D eigenvalue weighted by Gasteiger charge is -2.50. The van der Waals surface area contributed by atoms with Crippen LogP contribution in [0.2, 0.25) is 0 Å². The second kappa shape index (κ2) is 7.81. The quantitative estimate of drug-likeness (QED) is 0.832. The van der Waals surface area contributed by atoms with Crippen molar-refractivity contribution < 1.29 is 4.79 Å². The third-order valence-electron chi connectivity index (χ3n) is 6.47. The van der Waals surface area contributed by atoms with E-state index >= 15 is 0 Å². The summed E-state index contributed by atoms with van der Waals surface area (Å²) in [4.78, 5) is 21.4. The number of carbonyl (C=O) groups excluding carboxylic acids is 1. The molecule has 1 spiro atoms. The minimum absolute atomic E-state index is 0.148. The Morgan fingerprint density at radius 1 is 1.11 bits per heavy atom. The second-order valence-corrected chi connectivity index (χ2v) is 8.17. The van der Waals surface area contributed by atoms with E-state index in [1.54, 1.807) is 12.4 Å². The summed E-state index contributed by atoms with van der Waals surface area (Å²) < 4.78 is 0. The van der Waals surface area contributed by atoms with Crippen molar-refractivity contribution in [1.82, 2.24) is 14.8 Å². The first-order valence-electron chi connectivity index (χ1n) is 10.2. The van der Waals surface area contributed by atoms with Gasteiger partial charge in [-0.3, -0.25) is 9.78 Å². The van der Waals surface area contributed by atoms with Crippen LogP contribution in [0.1, 0.15) is 48.0 Å². The van der Waals surface area contributed by atoms with E-state index in [9.17, 15) is 4.79 Å². The molecular formula is C23H29N3O. The first-order valence-corrected chi connectivity index (χ1v) is 10.2. The Balaban J connectivity index is 1.46. The Morgan fingerprint density at radius 3 is 2.48 bits per heavy atom. The highest BCUT2D eigenvalue weighted by Gasteiger charge is 2.42. The minimum atomic E-state index is 0.148. The van der Waals surface area contributed by atoms with Crippen molar-refractivity contribution >= 4 is 5.91 Å². The maximum absolute atomic E-state index is 12.8. The van der Waals surface area contributed by atoms with Gasteiger partial charge in [0.2, 0.25) is 0 Å². The minimum Gasteiger partial charge on any atom is -0.339 e. The van der Waals surface area contributed by atoms with Gasteiger partial charge in [-0.25, -0.2) is 0 Å². The van der Waals surface area contributed by atoms with Crippen molar-refractivity contribution in [2.45, 2.75) is 32.1 Å². The zero-order chi connectivity index (χ0) is 18.7. The zero-order valence-electron chi connectivity index (χ0n) is 16.2. The summed E-state index contributed by atoms with van der Waals surface area (Å²) in [5, 5.41) is 0. The molecule has 0 bridgehead atoms. The molecule has 3 heterocycles. The maximum Gasteiger partial charge on any atom is 0.253 e. The van der Waals surface area contributed by atoms with Crippen LogP contribution in [0.25, 0.3) is 0 Å². The molecule has 27 heavy (non-hydrogen) atoms. The molecule has 1 aromatic carbocycles. The molecule has 2 aromatic rings. The number of carbonyl (C=O) groups is 1. The van der Waals surface area contributed by atoms with Crippen LogP contribution in [0.15, 0.2) is 54.9 Å². The van der Waals surface area contributed by atoms with Crippen LogP contribution in [0.5, 0.6) is 0 Å². The predicted molar refractivity (Wildman–Crippen MR) is 108 cm³/mol. The van der Waals surface area contributed by atoms with Crippen LogP contribution in [-0.4, -0.2) is 53.4 Å². The molecule has 1 amide bonds. The van der Waals surface area contributed by atoms with Crippen LogP contribution < -0.4 is 0 Å². The Morgan fingerprint density at radius 2 is 1.81 bits per heavy atom. The number of likely N-dealkylation sites (tertiary alicyclic amines) is 2. The van der Waals surface area contributed by atoms with Gasteiger partial charge in [-0.05, 0) is 54.8 Å². The number of likely N-dealkylation sites (N-methyl/N-ethyl adjacent to an activating group) is 1. The van der Waals surface area contributed by atoms with Gasteiger partial charge in [0.1, 0.15) is 0 Å². The SMILES string of the molecule is CCN1C[C@H](c2ccccc2)CC2(CCN(C(=O)c3ccncc3)CC2)C1. The number of amides is 1. The van der Waals surface area contributed by atoms with Crippen LogP contribution in [0.4, 0.5) is 0 Å². The number of rotatable bonds is 3. The largest absolute Gasteiger partial charge is 0.339 e. The highest BCUT2D eigenvalue weighted by molar-refractivity contribution is 5.94.